The summed E-state index contributed by atoms with van der Waals surface area (Å²) in [4.78, 5) is 25.2. The molecule has 3 aromatic carbocycles. The van der Waals surface area contributed by atoms with Gasteiger partial charge in [0.05, 0.1) is 5.56 Å². The molecule has 5 heteroatoms. The fraction of sp³-hybridized carbons (Fsp3) is 0.0909. The third-order valence-corrected chi connectivity index (χ3v) is 4.64. The first kappa shape index (κ1) is 18.7. The molecule has 3 aromatic rings. The first-order valence-corrected chi connectivity index (χ1v) is 9.65. The van der Waals surface area contributed by atoms with Crippen LogP contribution in [0.4, 0.5) is 5.69 Å². The van der Waals surface area contributed by atoms with E-state index in [1.807, 2.05) is 66.9 Å². The fourth-order valence-electron chi connectivity index (χ4n) is 2.54. The lowest BCUT2D eigenvalue weighted by atomic mass is 10.0. The molecule has 1 N–H and O–H groups in total. The second-order valence-electron chi connectivity index (χ2n) is 5.80. The van der Waals surface area contributed by atoms with E-state index in [0.29, 0.717) is 11.3 Å². The lowest BCUT2D eigenvalue weighted by Crippen LogP contribution is -2.20. The van der Waals surface area contributed by atoms with Crippen molar-refractivity contribution in [3.05, 3.63) is 84.4 Å². The molecule has 0 aliphatic carbocycles. The van der Waals surface area contributed by atoms with Crippen LogP contribution in [-0.2, 0) is 9.53 Å². The molecule has 0 aliphatic heterocycles. The highest BCUT2D eigenvalue weighted by Gasteiger charge is 2.11. The maximum atomic E-state index is 12.1. The van der Waals surface area contributed by atoms with Crippen molar-refractivity contribution in [1.29, 1.82) is 0 Å². The van der Waals surface area contributed by atoms with Crippen molar-refractivity contribution in [2.24, 2.45) is 0 Å². The summed E-state index contributed by atoms with van der Waals surface area (Å²) in [6.07, 6.45) is 1.96. The van der Waals surface area contributed by atoms with Gasteiger partial charge in [0.1, 0.15) is 0 Å². The zero-order valence-corrected chi connectivity index (χ0v) is 15.7. The quantitative estimate of drug-likeness (QED) is 0.492. The van der Waals surface area contributed by atoms with Crippen LogP contribution in [0.5, 0.6) is 0 Å². The number of ether oxygens (including phenoxy) is 1. The Bertz CT molecular complexity index is 924. The third kappa shape index (κ3) is 5.21. The summed E-state index contributed by atoms with van der Waals surface area (Å²) < 4.78 is 5.11. The Morgan fingerprint density at radius 3 is 2.30 bits per heavy atom. The average Bonchev–Trinajstić information content (AvgIpc) is 2.73. The summed E-state index contributed by atoms with van der Waals surface area (Å²) in [5.74, 6) is -0.898. The van der Waals surface area contributed by atoms with Crippen LogP contribution in [0.25, 0.3) is 11.1 Å². The topological polar surface area (TPSA) is 55.4 Å². The molecule has 0 unspecified atom stereocenters. The van der Waals surface area contributed by atoms with Crippen molar-refractivity contribution in [3.8, 4) is 11.1 Å². The van der Waals surface area contributed by atoms with Gasteiger partial charge in [-0.1, -0.05) is 48.5 Å². The first-order valence-electron chi connectivity index (χ1n) is 8.42. The predicted octanol–water partition coefficient (Wildman–Crippen LogP) is 4.87. The SMILES string of the molecule is CSc1cccc(NC(=O)COC(=O)c2ccc(-c3ccccc3)cc2)c1. The zero-order chi connectivity index (χ0) is 19.1. The third-order valence-electron chi connectivity index (χ3n) is 3.92. The zero-order valence-electron chi connectivity index (χ0n) is 14.8. The Labute approximate surface area is 162 Å². The van der Waals surface area contributed by atoms with Crippen LogP contribution < -0.4 is 5.32 Å². The number of nitrogens with one attached hydrogen (secondary N) is 1. The molecule has 27 heavy (non-hydrogen) atoms. The van der Waals surface area contributed by atoms with E-state index in [1.165, 1.54) is 0 Å². The summed E-state index contributed by atoms with van der Waals surface area (Å²) in [5, 5.41) is 2.72. The molecule has 0 fully saturated rings. The van der Waals surface area contributed by atoms with E-state index in [1.54, 1.807) is 30.0 Å². The van der Waals surface area contributed by atoms with Gasteiger partial charge in [0.25, 0.3) is 5.91 Å². The Hall–Kier alpha value is -3.05. The van der Waals surface area contributed by atoms with Crippen molar-refractivity contribution in [2.75, 3.05) is 18.2 Å². The molecule has 136 valence electrons. The first-order chi connectivity index (χ1) is 13.2. The molecule has 0 aromatic heterocycles. The molecule has 0 bridgehead atoms. The van der Waals surface area contributed by atoms with Crippen LogP contribution in [0.3, 0.4) is 0 Å². The average molecular weight is 377 g/mol. The van der Waals surface area contributed by atoms with E-state index in [2.05, 4.69) is 5.32 Å². The molecule has 1 amide bonds. The minimum Gasteiger partial charge on any atom is -0.452 e. The van der Waals surface area contributed by atoms with Crippen molar-refractivity contribution >= 4 is 29.3 Å². The van der Waals surface area contributed by atoms with Crippen LogP contribution in [0.1, 0.15) is 10.4 Å². The summed E-state index contributed by atoms with van der Waals surface area (Å²) in [6.45, 7) is -0.331. The molecule has 0 heterocycles. The molecule has 3 rings (SSSR count). The highest BCUT2D eigenvalue weighted by Crippen LogP contribution is 2.20. The fourth-order valence-corrected chi connectivity index (χ4v) is 3.00. The number of rotatable bonds is 6. The van der Waals surface area contributed by atoms with Crippen LogP contribution >= 0.6 is 11.8 Å². The lowest BCUT2D eigenvalue weighted by Gasteiger charge is -2.08. The summed E-state index contributed by atoms with van der Waals surface area (Å²) in [7, 11) is 0. The normalized spacial score (nSPS) is 10.3. The Morgan fingerprint density at radius 1 is 0.889 bits per heavy atom. The van der Waals surface area contributed by atoms with Gasteiger partial charge in [-0.15, -0.1) is 11.8 Å². The Kier molecular flexibility index (Phi) is 6.28. The molecule has 0 spiro atoms. The molecule has 0 radical (unpaired) electrons. The number of carbonyl (C=O) groups excluding carboxylic acids is 2. The van der Waals surface area contributed by atoms with E-state index in [0.717, 1.165) is 16.0 Å². The monoisotopic (exact) mass is 377 g/mol. The number of anilines is 1. The second-order valence-corrected chi connectivity index (χ2v) is 6.68. The molecule has 0 atom stereocenters. The number of thioether (sulfide) groups is 1. The number of hydrogen-bond acceptors (Lipinski definition) is 4. The van der Waals surface area contributed by atoms with Crippen LogP contribution in [0, 0.1) is 0 Å². The molecule has 0 aliphatic rings. The van der Waals surface area contributed by atoms with Gasteiger partial charge in [-0.25, -0.2) is 4.79 Å². The van der Waals surface area contributed by atoms with Gasteiger partial charge in [-0.3, -0.25) is 4.79 Å². The maximum absolute atomic E-state index is 12.1. The Balaban J connectivity index is 1.55. The van der Waals surface area contributed by atoms with Crippen molar-refractivity contribution < 1.29 is 14.3 Å². The minimum absolute atomic E-state index is 0.331. The van der Waals surface area contributed by atoms with Crippen LogP contribution in [0.15, 0.2) is 83.8 Å². The standard InChI is InChI=1S/C22H19NO3S/c1-27-20-9-5-8-19(14-20)23-21(24)15-26-22(25)18-12-10-17(11-13-18)16-6-3-2-4-7-16/h2-14H,15H2,1H3,(H,23,24). The van der Waals surface area contributed by atoms with Gasteiger partial charge in [0.2, 0.25) is 0 Å². The van der Waals surface area contributed by atoms with Gasteiger partial charge >= 0.3 is 5.97 Å². The molecular weight excluding hydrogens is 358 g/mol. The van der Waals surface area contributed by atoms with Crippen molar-refractivity contribution in [2.45, 2.75) is 4.90 Å². The number of benzene rings is 3. The van der Waals surface area contributed by atoms with Crippen LogP contribution in [0.2, 0.25) is 0 Å². The highest BCUT2D eigenvalue weighted by atomic mass is 32.2. The summed E-state index contributed by atoms with van der Waals surface area (Å²) >= 11 is 1.59. The van der Waals surface area contributed by atoms with Crippen molar-refractivity contribution in [1.82, 2.24) is 0 Å². The van der Waals surface area contributed by atoms with E-state index >= 15 is 0 Å². The van der Waals surface area contributed by atoms with Crippen LogP contribution in [-0.4, -0.2) is 24.7 Å². The Morgan fingerprint density at radius 2 is 1.59 bits per heavy atom. The molecule has 4 nitrogen and oxygen atoms in total. The van der Waals surface area contributed by atoms with E-state index < -0.39 is 5.97 Å². The molecule has 0 saturated carbocycles. The summed E-state index contributed by atoms with van der Waals surface area (Å²) in [5.41, 5.74) is 3.17. The van der Waals surface area contributed by atoms with Crippen molar-refractivity contribution in [3.63, 3.8) is 0 Å². The largest absolute Gasteiger partial charge is 0.452 e. The van der Waals surface area contributed by atoms with E-state index in [-0.39, 0.29) is 12.5 Å². The molecular formula is C22H19NO3S. The smallest absolute Gasteiger partial charge is 0.338 e. The van der Waals surface area contributed by atoms with Gasteiger partial charge in [-0.05, 0) is 47.7 Å². The van der Waals surface area contributed by atoms with Gasteiger partial charge < -0.3 is 10.1 Å². The predicted molar refractivity (Wildman–Crippen MR) is 109 cm³/mol. The van der Waals surface area contributed by atoms with Gasteiger partial charge in [0.15, 0.2) is 6.61 Å². The maximum Gasteiger partial charge on any atom is 0.338 e. The highest BCUT2D eigenvalue weighted by molar-refractivity contribution is 7.98. The van der Waals surface area contributed by atoms with Gasteiger partial charge in [0, 0.05) is 10.6 Å². The molecule has 0 saturated heterocycles. The number of amides is 1. The van der Waals surface area contributed by atoms with E-state index in [4.69, 9.17) is 4.74 Å². The number of carbonyl (C=O) groups is 2. The van der Waals surface area contributed by atoms with Gasteiger partial charge in [-0.2, -0.15) is 0 Å². The number of hydrogen-bond donors (Lipinski definition) is 1. The van der Waals surface area contributed by atoms with E-state index in [9.17, 15) is 9.59 Å². The number of esters is 1. The summed E-state index contributed by atoms with van der Waals surface area (Å²) in [6, 6.07) is 24.5. The second kappa shape index (κ2) is 9.05. The lowest BCUT2D eigenvalue weighted by molar-refractivity contribution is -0.119. The minimum atomic E-state index is -0.525.